The van der Waals surface area contributed by atoms with Gasteiger partial charge in [-0.25, -0.2) is 0 Å². The van der Waals surface area contributed by atoms with E-state index in [1.807, 2.05) is 0 Å². The number of ether oxygens (including phenoxy) is 2. The predicted octanol–water partition coefficient (Wildman–Crippen LogP) is 2.61. The Balaban J connectivity index is 2.14. The molecule has 2 saturated carbocycles. The SMILES string of the molecule is COC(=O)[C@@]12CCC(C(C)C)=C[C@H]1[C@@]1(C(=O)OC)CC[C@@H](O)[C@@](C)(O)CC[C@H]21. The van der Waals surface area contributed by atoms with Crippen LogP contribution in [-0.2, 0) is 19.1 Å². The first-order valence-corrected chi connectivity index (χ1v) is 10.4. The first-order valence-electron chi connectivity index (χ1n) is 10.4. The van der Waals surface area contributed by atoms with E-state index in [1.54, 1.807) is 6.92 Å². The van der Waals surface area contributed by atoms with Gasteiger partial charge in [0.15, 0.2) is 0 Å². The van der Waals surface area contributed by atoms with E-state index in [0.29, 0.717) is 31.6 Å². The number of allylic oxidation sites excluding steroid dienone is 2. The van der Waals surface area contributed by atoms with E-state index in [4.69, 9.17) is 9.47 Å². The van der Waals surface area contributed by atoms with E-state index in [1.165, 1.54) is 19.8 Å². The Morgan fingerprint density at radius 3 is 2.18 bits per heavy atom. The van der Waals surface area contributed by atoms with Gasteiger partial charge in [-0.15, -0.1) is 0 Å². The topological polar surface area (TPSA) is 93.1 Å². The fourth-order valence-corrected chi connectivity index (χ4v) is 6.27. The molecular formula is C22H34O6. The highest BCUT2D eigenvalue weighted by molar-refractivity contribution is 5.88. The Hall–Kier alpha value is -1.40. The highest BCUT2D eigenvalue weighted by atomic mass is 16.5. The number of methoxy groups -OCH3 is 2. The smallest absolute Gasteiger partial charge is 0.312 e. The summed E-state index contributed by atoms with van der Waals surface area (Å²) < 4.78 is 10.5. The molecule has 2 fully saturated rings. The highest BCUT2D eigenvalue weighted by Gasteiger charge is 2.77. The van der Waals surface area contributed by atoms with Gasteiger partial charge in [0.25, 0.3) is 0 Å². The molecule has 3 aliphatic rings. The number of carbonyl (C=O) groups excluding carboxylic acids is 2. The molecule has 0 aromatic heterocycles. The molecule has 3 rings (SSSR count). The molecule has 0 aromatic carbocycles. The summed E-state index contributed by atoms with van der Waals surface area (Å²) in [5.41, 5.74) is -1.61. The maximum atomic E-state index is 13.1. The van der Waals surface area contributed by atoms with Crippen LogP contribution in [0.2, 0.25) is 0 Å². The van der Waals surface area contributed by atoms with Crippen LogP contribution < -0.4 is 0 Å². The summed E-state index contributed by atoms with van der Waals surface area (Å²) >= 11 is 0. The van der Waals surface area contributed by atoms with Gasteiger partial charge in [0.05, 0.1) is 36.8 Å². The molecule has 0 bridgehead atoms. The molecule has 6 nitrogen and oxygen atoms in total. The second-order valence-corrected chi connectivity index (χ2v) is 9.44. The highest BCUT2D eigenvalue weighted by Crippen LogP contribution is 2.73. The van der Waals surface area contributed by atoms with Crippen LogP contribution in [0, 0.1) is 28.6 Å². The van der Waals surface area contributed by atoms with E-state index in [2.05, 4.69) is 19.9 Å². The number of rotatable bonds is 3. The van der Waals surface area contributed by atoms with E-state index in [-0.39, 0.29) is 30.2 Å². The van der Waals surface area contributed by atoms with Crippen LogP contribution in [0.1, 0.15) is 59.3 Å². The second-order valence-electron chi connectivity index (χ2n) is 9.44. The van der Waals surface area contributed by atoms with Gasteiger partial charge in [-0.05, 0) is 57.3 Å². The van der Waals surface area contributed by atoms with Crippen LogP contribution in [0.3, 0.4) is 0 Å². The summed E-state index contributed by atoms with van der Waals surface area (Å²) in [6, 6.07) is 0. The molecule has 0 spiro atoms. The number of aliphatic hydroxyl groups is 2. The standard InChI is InChI=1S/C22H34O6/c1-13(2)14-6-10-21(18(24)27-4)15-7-9-20(3,26)17(23)8-11-22(15,16(21)12-14)19(25)28-5/h12-13,15-17,23,26H,6-11H2,1-5H3/t15-,16-,17-,20+,21-,22-/m1/s1. The van der Waals surface area contributed by atoms with Crippen molar-refractivity contribution < 1.29 is 29.3 Å². The van der Waals surface area contributed by atoms with E-state index in [0.717, 1.165) is 6.42 Å². The minimum atomic E-state index is -1.24. The van der Waals surface area contributed by atoms with Gasteiger partial charge in [-0.1, -0.05) is 25.5 Å². The number of hydrogen-bond donors (Lipinski definition) is 2. The van der Waals surface area contributed by atoms with Crippen molar-refractivity contribution in [2.24, 2.45) is 28.6 Å². The molecule has 0 saturated heterocycles. The summed E-state index contributed by atoms with van der Waals surface area (Å²) in [5, 5.41) is 21.1. The molecule has 0 unspecified atom stereocenters. The lowest BCUT2D eigenvalue weighted by Crippen LogP contribution is -2.72. The summed E-state index contributed by atoms with van der Waals surface area (Å²) in [5.74, 6) is -0.830. The fraction of sp³-hybridized carbons (Fsp3) is 0.818. The largest absolute Gasteiger partial charge is 0.469 e. The summed E-state index contributed by atoms with van der Waals surface area (Å²) in [7, 11) is 2.78. The van der Waals surface area contributed by atoms with Crippen molar-refractivity contribution in [3.8, 4) is 0 Å². The molecule has 6 heteroatoms. The van der Waals surface area contributed by atoms with Gasteiger partial charge in [0.2, 0.25) is 0 Å². The summed E-state index contributed by atoms with van der Waals surface area (Å²) in [6.07, 6.45) is 4.10. The van der Waals surface area contributed by atoms with E-state index >= 15 is 0 Å². The van der Waals surface area contributed by atoms with Crippen molar-refractivity contribution in [3.63, 3.8) is 0 Å². The van der Waals surface area contributed by atoms with E-state index in [9.17, 15) is 19.8 Å². The van der Waals surface area contributed by atoms with Crippen LogP contribution in [0.25, 0.3) is 0 Å². The summed E-state index contributed by atoms with van der Waals surface area (Å²) in [6.45, 7) is 5.87. The first kappa shape index (κ1) is 21.3. The molecule has 0 aliphatic heterocycles. The second kappa shape index (κ2) is 7.13. The van der Waals surface area contributed by atoms with Crippen LogP contribution in [-0.4, -0.2) is 48.1 Å². The van der Waals surface area contributed by atoms with Crippen LogP contribution >= 0.6 is 0 Å². The Morgan fingerprint density at radius 1 is 1.07 bits per heavy atom. The zero-order chi connectivity index (χ0) is 20.9. The number of aliphatic hydroxyl groups excluding tert-OH is 1. The lowest BCUT2D eigenvalue weighted by Gasteiger charge is -2.67. The predicted molar refractivity (Wildman–Crippen MR) is 103 cm³/mol. The zero-order valence-corrected chi connectivity index (χ0v) is 17.7. The molecule has 0 aromatic rings. The number of carbonyl (C=O) groups is 2. The molecular weight excluding hydrogens is 360 g/mol. The van der Waals surface area contributed by atoms with Crippen molar-refractivity contribution in [2.75, 3.05) is 14.2 Å². The normalized spacial score (nSPS) is 42.9. The molecule has 158 valence electrons. The Kier molecular flexibility index (Phi) is 5.43. The maximum Gasteiger partial charge on any atom is 0.312 e. The summed E-state index contributed by atoms with van der Waals surface area (Å²) in [4.78, 5) is 26.2. The average Bonchev–Trinajstić information content (AvgIpc) is 2.66. The maximum absolute atomic E-state index is 13.1. The molecule has 3 aliphatic carbocycles. The Labute approximate surface area is 167 Å². The lowest BCUT2D eigenvalue weighted by molar-refractivity contribution is -0.238. The minimum Gasteiger partial charge on any atom is -0.469 e. The lowest BCUT2D eigenvalue weighted by atomic mass is 9.33. The van der Waals surface area contributed by atoms with E-state index < -0.39 is 22.5 Å². The van der Waals surface area contributed by atoms with Crippen LogP contribution in [0.4, 0.5) is 0 Å². The third-order valence-electron chi connectivity index (χ3n) is 7.92. The Morgan fingerprint density at radius 2 is 1.64 bits per heavy atom. The third kappa shape index (κ3) is 2.75. The zero-order valence-electron chi connectivity index (χ0n) is 17.7. The number of esters is 2. The molecule has 0 radical (unpaired) electrons. The van der Waals surface area contributed by atoms with Crippen LogP contribution in [0.5, 0.6) is 0 Å². The Bertz CT molecular complexity index is 681. The molecule has 28 heavy (non-hydrogen) atoms. The van der Waals surface area contributed by atoms with Crippen molar-refractivity contribution in [1.82, 2.24) is 0 Å². The number of fused-ring (bicyclic) bond motifs is 4. The molecule has 6 atom stereocenters. The first-order chi connectivity index (χ1) is 13.1. The van der Waals surface area contributed by atoms with Crippen molar-refractivity contribution in [1.29, 1.82) is 0 Å². The van der Waals surface area contributed by atoms with Crippen LogP contribution in [0.15, 0.2) is 11.6 Å². The third-order valence-corrected chi connectivity index (χ3v) is 7.92. The quantitative estimate of drug-likeness (QED) is 0.565. The van der Waals surface area contributed by atoms with Gasteiger partial charge in [-0.3, -0.25) is 9.59 Å². The molecule has 0 heterocycles. The monoisotopic (exact) mass is 394 g/mol. The fourth-order valence-electron chi connectivity index (χ4n) is 6.27. The molecule has 2 N–H and O–H groups in total. The molecule has 0 amide bonds. The average molecular weight is 395 g/mol. The van der Waals surface area contributed by atoms with Gasteiger partial charge in [-0.2, -0.15) is 0 Å². The minimum absolute atomic E-state index is 0.270. The van der Waals surface area contributed by atoms with Crippen molar-refractivity contribution >= 4 is 11.9 Å². The van der Waals surface area contributed by atoms with Gasteiger partial charge in [0, 0.05) is 5.92 Å². The van der Waals surface area contributed by atoms with Crippen molar-refractivity contribution in [3.05, 3.63) is 11.6 Å². The van der Waals surface area contributed by atoms with Gasteiger partial charge < -0.3 is 19.7 Å². The van der Waals surface area contributed by atoms with Gasteiger partial charge in [0.1, 0.15) is 0 Å². The van der Waals surface area contributed by atoms with Crippen molar-refractivity contribution in [2.45, 2.75) is 71.0 Å². The van der Waals surface area contributed by atoms with Gasteiger partial charge >= 0.3 is 11.9 Å². The number of hydrogen-bond acceptors (Lipinski definition) is 6.